The van der Waals surface area contributed by atoms with E-state index >= 15 is 0 Å². The maximum Gasteiger partial charge on any atom is 0.167 e. The molecule has 0 radical (unpaired) electrons. The molecule has 1 aliphatic rings. The number of nitrogens with zero attached hydrogens (tertiary/aromatic N) is 4. The maximum absolute atomic E-state index is 5.40. The van der Waals surface area contributed by atoms with Crippen LogP contribution in [0.5, 0.6) is 0 Å². The molecule has 0 spiro atoms. The van der Waals surface area contributed by atoms with Crippen LogP contribution in [0.3, 0.4) is 0 Å². The molecule has 0 amide bonds. The van der Waals surface area contributed by atoms with Crippen molar-refractivity contribution >= 4 is 33.0 Å². The molecule has 10 rings (SSSR count). The van der Waals surface area contributed by atoms with Crippen molar-refractivity contribution in [1.82, 2.24) is 19.1 Å². The lowest BCUT2D eigenvalue weighted by molar-refractivity contribution is 0.660. The Kier molecular flexibility index (Phi) is 5.89. The van der Waals surface area contributed by atoms with Crippen LogP contribution in [-0.4, -0.2) is 19.1 Å². The molecule has 9 aromatic rings. The van der Waals surface area contributed by atoms with Crippen LogP contribution in [0.1, 0.15) is 25.0 Å². The first-order chi connectivity index (χ1) is 24.1. The minimum absolute atomic E-state index is 0.0382. The number of imidazole rings is 1. The zero-order chi connectivity index (χ0) is 32.7. The molecule has 0 atom stereocenters. The largest absolute Gasteiger partial charge is 0.307 e. The van der Waals surface area contributed by atoms with Gasteiger partial charge in [-0.25, -0.2) is 9.97 Å². The fourth-order valence-electron chi connectivity index (χ4n) is 8.03. The highest BCUT2D eigenvalue weighted by atomic mass is 15.1. The number of rotatable bonds is 4. The average molecular weight is 629 g/mol. The molecular weight excluding hydrogens is 597 g/mol. The number of hydrogen-bond donors (Lipinski definition) is 0. The van der Waals surface area contributed by atoms with Crippen LogP contribution in [0.2, 0.25) is 0 Å². The first kappa shape index (κ1) is 27.8. The minimum Gasteiger partial charge on any atom is -0.307 e. The second-order valence-electron chi connectivity index (χ2n) is 13.5. The van der Waals surface area contributed by atoms with Crippen molar-refractivity contribution in [3.8, 4) is 45.0 Å². The molecule has 4 heteroatoms. The molecule has 49 heavy (non-hydrogen) atoms. The van der Waals surface area contributed by atoms with E-state index in [1.165, 1.54) is 44.2 Å². The monoisotopic (exact) mass is 628 g/mol. The van der Waals surface area contributed by atoms with E-state index in [0.29, 0.717) is 0 Å². The van der Waals surface area contributed by atoms with Gasteiger partial charge in [0.25, 0.3) is 0 Å². The van der Waals surface area contributed by atoms with Crippen LogP contribution in [0.15, 0.2) is 158 Å². The lowest BCUT2D eigenvalue weighted by atomic mass is 9.81. The zero-order valence-corrected chi connectivity index (χ0v) is 27.3. The topological polar surface area (TPSA) is 35.6 Å². The number of aromatic nitrogens is 4. The minimum atomic E-state index is -0.0382. The lowest BCUT2D eigenvalue weighted by Crippen LogP contribution is -2.14. The predicted molar refractivity (Wildman–Crippen MR) is 202 cm³/mol. The van der Waals surface area contributed by atoms with Crippen LogP contribution in [0.25, 0.3) is 78.0 Å². The molecule has 0 bridgehead atoms. The van der Waals surface area contributed by atoms with Gasteiger partial charge in [-0.15, -0.1) is 0 Å². The molecule has 4 nitrogen and oxygen atoms in total. The van der Waals surface area contributed by atoms with Gasteiger partial charge in [0.1, 0.15) is 11.3 Å². The van der Waals surface area contributed by atoms with Gasteiger partial charge in [-0.2, -0.15) is 0 Å². The van der Waals surface area contributed by atoms with Crippen LogP contribution in [0, 0.1) is 0 Å². The van der Waals surface area contributed by atoms with Gasteiger partial charge in [-0.1, -0.05) is 129 Å². The molecule has 0 aliphatic heterocycles. The standard InChI is InChI=1S/C45H32N4/c1-45(2)37-17-9-6-14-33(37)34-25-24-31(28-38(34)45)29-20-22-30(23-21-29)43-47-42-41(26-27-46-44(42)48(43)32-12-4-3-5-13-32)49-39-18-10-7-15-35(39)36-16-8-11-19-40(36)49/h3-28H,1-2H3. The van der Waals surface area contributed by atoms with E-state index in [9.17, 15) is 0 Å². The Bertz CT molecular complexity index is 2680. The third kappa shape index (κ3) is 4.04. The Labute approximate surface area is 284 Å². The van der Waals surface area contributed by atoms with Crippen molar-refractivity contribution in [3.63, 3.8) is 0 Å². The predicted octanol–water partition coefficient (Wildman–Crippen LogP) is 11.2. The molecule has 0 N–H and O–H groups in total. The smallest absolute Gasteiger partial charge is 0.167 e. The summed E-state index contributed by atoms with van der Waals surface area (Å²) in [6, 6.07) is 54.3. The van der Waals surface area contributed by atoms with Crippen LogP contribution >= 0.6 is 0 Å². The molecule has 0 saturated heterocycles. The first-order valence-electron chi connectivity index (χ1n) is 16.8. The molecule has 0 fully saturated rings. The summed E-state index contributed by atoms with van der Waals surface area (Å²) in [7, 11) is 0. The highest BCUT2D eigenvalue weighted by molar-refractivity contribution is 6.10. The average Bonchev–Trinajstić information content (AvgIpc) is 3.78. The summed E-state index contributed by atoms with van der Waals surface area (Å²) in [5, 5.41) is 2.44. The van der Waals surface area contributed by atoms with Crippen LogP contribution < -0.4 is 0 Å². The summed E-state index contributed by atoms with van der Waals surface area (Å²) in [4.78, 5) is 10.4. The van der Waals surface area contributed by atoms with Gasteiger partial charge in [0, 0.05) is 33.6 Å². The summed E-state index contributed by atoms with van der Waals surface area (Å²) >= 11 is 0. The summed E-state index contributed by atoms with van der Waals surface area (Å²) in [6.45, 7) is 4.67. The Morgan fingerprint density at radius 1 is 0.510 bits per heavy atom. The molecule has 232 valence electrons. The van der Waals surface area contributed by atoms with E-state index in [2.05, 4.69) is 169 Å². The van der Waals surface area contributed by atoms with Gasteiger partial charge in [0.15, 0.2) is 5.65 Å². The Hall–Kier alpha value is -6.26. The molecule has 0 unspecified atom stereocenters. The van der Waals surface area contributed by atoms with Gasteiger partial charge in [0.05, 0.1) is 16.7 Å². The van der Waals surface area contributed by atoms with Crippen molar-refractivity contribution in [2.45, 2.75) is 19.3 Å². The molecule has 1 aliphatic carbocycles. The quantitative estimate of drug-likeness (QED) is 0.194. The number of hydrogen-bond acceptors (Lipinski definition) is 2. The molecule has 6 aromatic carbocycles. The van der Waals surface area contributed by atoms with Crippen molar-refractivity contribution in [3.05, 3.63) is 169 Å². The Morgan fingerprint density at radius 3 is 1.88 bits per heavy atom. The maximum atomic E-state index is 5.40. The molecule has 3 heterocycles. The highest BCUT2D eigenvalue weighted by Gasteiger charge is 2.35. The molecular formula is C45H32N4. The van der Waals surface area contributed by atoms with Gasteiger partial charge in [-0.3, -0.25) is 4.57 Å². The van der Waals surface area contributed by atoms with Crippen LogP contribution in [0.4, 0.5) is 0 Å². The third-order valence-electron chi connectivity index (χ3n) is 10.4. The fraction of sp³-hybridized carbons (Fsp3) is 0.0667. The molecule has 3 aromatic heterocycles. The van der Waals surface area contributed by atoms with Crippen molar-refractivity contribution in [2.75, 3.05) is 0 Å². The Morgan fingerprint density at radius 2 is 1.12 bits per heavy atom. The summed E-state index contributed by atoms with van der Waals surface area (Å²) < 4.78 is 4.52. The number of para-hydroxylation sites is 3. The van der Waals surface area contributed by atoms with E-state index in [1.807, 2.05) is 12.3 Å². The fourth-order valence-corrected chi connectivity index (χ4v) is 8.03. The van der Waals surface area contributed by atoms with Crippen molar-refractivity contribution in [1.29, 1.82) is 0 Å². The zero-order valence-electron chi connectivity index (χ0n) is 27.3. The van der Waals surface area contributed by atoms with Gasteiger partial charge in [0.2, 0.25) is 0 Å². The normalized spacial score (nSPS) is 13.3. The van der Waals surface area contributed by atoms with E-state index in [-0.39, 0.29) is 5.41 Å². The number of fused-ring (bicyclic) bond motifs is 7. The summed E-state index contributed by atoms with van der Waals surface area (Å²) in [5.41, 5.74) is 14.9. The van der Waals surface area contributed by atoms with Gasteiger partial charge in [-0.05, 0) is 69.8 Å². The molecule has 0 saturated carbocycles. The van der Waals surface area contributed by atoms with Crippen LogP contribution in [-0.2, 0) is 5.41 Å². The summed E-state index contributed by atoms with van der Waals surface area (Å²) in [5.74, 6) is 0.860. The second-order valence-corrected chi connectivity index (χ2v) is 13.5. The van der Waals surface area contributed by atoms with Gasteiger partial charge < -0.3 is 4.57 Å². The van der Waals surface area contributed by atoms with E-state index in [0.717, 1.165) is 45.0 Å². The summed E-state index contributed by atoms with van der Waals surface area (Å²) in [6.07, 6.45) is 1.91. The SMILES string of the molecule is CC1(C)c2ccccc2-c2ccc(-c3ccc(-c4nc5c(-n6c7ccccc7c7ccccc76)ccnc5n4-c4ccccc4)cc3)cc21. The van der Waals surface area contributed by atoms with Gasteiger partial charge >= 0.3 is 0 Å². The second kappa shape index (κ2) is 10.4. The number of benzene rings is 6. The van der Waals surface area contributed by atoms with Crippen molar-refractivity contribution in [2.24, 2.45) is 0 Å². The third-order valence-corrected chi connectivity index (χ3v) is 10.4. The Balaban J connectivity index is 1.14. The lowest BCUT2D eigenvalue weighted by Gasteiger charge is -2.22. The van der Waals surface area contributed by atoms with E-state index in [1.54, 1.807) is 0 Å². The number of pyridine rings is 1. The highest BCUT2D eigenvalue weighted by Crippen LogP contribution is 2.49. The van der Waals surface area contributed by atoms with E-state index < -0.39 is 0 Å². The van der Waals surface area contributed by atoms with E-state index in [4.69, 9.17) is 9.97 Å². The van der Waals surface area contributed by atoms with Crippen molar-refractivity contribution < 1.29 is 0 Å². The first-order valence-corrected chi connectivity index (χ1v) is 16.8.